The molecule has 1 aliphatic carbocycles. The molecule has 7 aromatic carbocycles. The maximum Gasteiger partial charge on any atom is 0.323 e. The molecule has 0 radical (unpaired) electrons. The first-order valence-corrected chi connectivity index (χ1v) is 41.7. The van der Waals surface area contributed by atoms with Crippen molar-refractivity contribution in [3.8, 4) is 40.5 Å². The lowest BCUT2D eigenvalue weighted by molar-refractivity contribution is -0.133. The number of allylic oxidation sites excluding steroid dienone is 2. The van der Waals surface area contributed by atoms with Crippen molar-refractivity contribution in [2.24, 2.45) is 5.92 Å². The zero-order chi connectivity index (χ0) is 82.6. The van der Waals surface area contributed by atoms with E-state index in [1.165, 1.54) is 14.2 Å². The first-order valence-electron chi connectivity index (χ1n) is 37.9. The molecule has 1 atom stereocenters. The number of hydrogen-bond donors (Lipinski definition) is 8. The zero-order valence-corrected chi connectivity index (χ0v) is 69.0. The van der Waals surface area contributed by atoms with E-state index < -0.39 is 48.9 Å². The van der Waals surface area contributed by atoms with Gasteiger partial charge in [-0.1, -0.05) is 90.1 Å². The summed E-state index contributed by atoms with van der Waals surface area (Å²) in [6, 6.07) is 36.0. The number of rotatable bonds is 29. The zero-order valence-electron chi connectivity index (χ0n) is 67.4. The van der Waals surface area contributed by atoms with E-state index in [0.717, 1.165) is 75.9 Å². The Hall–Kier alpha value is -11.8. The fraction of sp³-hybridized carbons (Fsp3) is 0.345. The number of carbonyl (C=O) groups excluding carboxylic acids is 3. The topological polar surface area (TPSA) is 345 Å². The molecule has 4 heterocycles. The predicted octanol–water partition coefficient (Wildman–Crippen LogP) is 13.9. The Balaban J connectivity index is 0.830. The van der Waals surface area contributed by atoms with Crippen LogP contribution in [0.15, 0.2) is 169 Å². The molecule has 5 amide bonds. The van der Waals surface area contributed by atoms with Crippen LogP contribution in [-0.4, -0.2) is 201 Å². The van der Waals surface area contributed by atoms with E-state index in [1.807, 2.05) is 119 Å². The van der Waals surface area contributed by atoms with E-state index in [0.29, 0.717) is 111 Å². The van der Waals surface area contributed by atoms with Crippen molar-refractivity contribution in [1.29, 1.82) is 0 Å². The number of fused-ring (bicyclic) bond motifs is 2. The van der Waals surface area contributed by atoms with Gasteiger partial charge in [-0.2, -0.15) is 9.97 Å². The summed E-state index contributed by atoms with van der Waals surface area (Å²) in [4.78, 5) is 72.0. The molecule has 30 nitrogen and oxygen atoms in total. The van der Waals surface area contributed by atoms with Crippen molar-refractivity contribution >= 4 is 117 Å². The lowest BCUT2D eigenvalue weighted by Crippen LogP contribution is -2.49. The van der Waals surface area contributed by atoms with Gasteiger partial charge in [0.05, 0.1) is 94.2 Å². The number of likely N-dealkylation sites (N-methyl/N-ethyl adjacent to an activating group) is 1. The van der Waals surface area contributed by atoms with Gasteiger partial charge in [-0.3, -0.25) is 24.0 Å². The Kier molecular flexibility index (Phi) is 26.2. The van der Waals surface area contributed by atoms with E-state index in [1.54, 1.807) is 99.4 Å². The predicted molar refractivity (Wildman–Crippen MR) is 455 cm³/mol. The highest BCUT2D eigenvalue weighted by molar-refractivity contribution is 7.92. The normalized spacial score (nSPS) is 15.5. The SMILES string of the molecule is COC1=CC(C(=O)N(CCCN2CCOCC2)CCN2CCN(C)CC2)C(=Cc2cc(Nc3nccc(Oc4ccc(NC(=O)Nc5cc(C(C)(C)C)cc(NS(C)(=O)=O)c5OC)c5ccccc45)n3)cc(OC)c2)C(Nc2nccc(Oc3ccc(NC(=O)Nc4cc(C(C)(C)C)cc(NS(C)(=O)=O)c4OC)c4ccccc34)n2)=C1. The maximum atomic E-state index is 16.0. The van der Waals surface area contributed by atoms with Crippen LogP contribution in [0.1, 0.15) is 64.7 Å². The Morgan fingerprint density at radius 2 is 1.04 bits per heavy atom. The molecular formula is C84H100N16O14S2. The molecule has 116 heavy (non-hydrogen) atoms. The number of nitrogens with zero attached hydrogens (tertiary/aromatic N) is 8. The van der Waals surface area contributed by atoms with Crippen LogP contribution in [0.5, 0.6) is 40.5 Å². The summed E-state index contributed by atoms with van der Waals surface area (Å²) in [6.07, 6.45) is 11.5. The summed E-state index contributed by atoms with van der Waals surface area (Å²) in [5, 5.41) is 21.0. The van der Waals surface area contributed by atoms with Crippen LogP contribution in [0, 0.1) is 5.92 Å². The number of sulfonamides is 2. The fourth-order valence-corrected chi connectivity index (χ4v) is 14.8. The number of aromatic nitrogens is 4. The Morgan fingerprint density at radius 3 is 1.53 bits per heavy atom. The second-order valence-corrected chi connectivity index (χ2v) is 34.0. The minimum Gasteiger partial charge on any atom is -0.497 e. The van der Waals surface area contributed by atoms with Crippen LogP contribution in [0.4, 0.5) is 61.3 Å². The standard InChI is InChI=1S/C84H100N16O14S2/c1-83(2,3)54-46-68(76(110-10)70(48-54)95-115(12,104)105)91-81(102)89-65-23-25-72(61-21-16-14-19-59(61)65)113-74-27-29-85-79(93-74)87-56-43-53(44-57(50-56)108-8)45-63-64(78(101)100(32-18-31-98-39-41-112-42-40-98)38-37-99-35-33-97(7)34-36-99)51-58(109-9)52-67(63)88-80-86-30-28-75(94-80)114-73-26-24-66(60-20-15-17-22-62(60)73)90-82(103)92-69-47-55(84(4,5)6)49-71(77(69)111-11)96-116(13,106)107/h14-17,19-30,43-52,64,95-96H,18,31-42H2,1-13H3,(H,85,87,93)(H,86,88,94)(H2,89,91,102)(H2,90,92,103). The quantitative estimate of drug-likeness (QED) is 0.0216. The van der Waals surface area contributed by atoms with Crippen molar-refractivity contribution < 1.29 is 64.4 Å². The van der Waals surface area contributed by atoms with Gasteiger partial charge >= 0.3 is 12.1 Å². The molecule has 2 aliphatic heterocycles. The summed E-state index contributed by atoms with van der Waals surface area (Å²) in [5.74, 6) is 1.55. The van der Waals surface area contributed by atoms with E-state index in [9.17, 15) is 26.4 Å². The van der Waals surface area contributed by atoms with Crippen LogP contribution in [0.25, 0.3) is 27.6 Å². The van der Waals surface area contributed by atoms with Gasteiger partial charge in [0.2, 0.25) is 49.6 Å². The highest BCUT2D eigenvalue weighted by atomic mass is 32.2. The lowest BCUT2D eigenvalue weighted by atomic mass is 9.86. The summed E-state index contributed by atoms with van der Waals surface area (Å²) in [6.45, 7) is 20.8. The van der Waals surface area contributed by atoms with Gasteiger partial charge in [-0.05, 0) is 119 Å². The average Bonchev–Trinajstić information content (AvgIpc) is 0.803. The fourth-order valence-electron chi connectivity index (χ4n) is 13.7. The Bertz CT molecular complexity index is 5470. The van der Waals surface area contributed by atoms with Gasteiger partial charge in [-0.25, -0.2) is 36.4 Å². The van der Waals surface area contributed by atoms with Crippen LogP contribution in [-0.2, 0) is 45.1 Å². The molecule has 0 saturated carbocycles. The summed E-state index contributed by atoms with van der Waals surface area (Å²) in [5.41, 5.74) is 4.49. The number of hydrogen-bond acceptors (Lipinski definition) is 23. The molecule has 32 heteroatoms. The summed E-state index contributed by atoms with van der Waals surface area (Å²) in [7, 11) is 0.581. The van der Waals surface area contributed by atoms with Gasteiger partial charge in [0, 0.05) is 135 Å². The smallest absolute Gasteiger partial charge is 0.323 e. The van der Waals surface area contributed by atoms with E-state index in [-0.39, 0.29) is 63.8 Å². The molecule has 1 unspecified atom stereocenters. The van der Waals surface area contributed by atoms with Crippen LogP contribution in [0.3, 0.4) is 0 Å². The van der Waals surface area contributed by atoms with Crippen molar-refractivity contribution in [3.05, 3.63) is 186 Å². The van der Waals surface area contributed by atoms with Crippen LogP contribution in [0.2, 0.25) is 0 Å². The van der Waals surface area contributed by atoms with Crippen LogP contribution < -0.4 is 65.0 Å². The van der Waals surface area contributed by atoms with Crippen molar-refractivity contribution in [1.82, 2.24) is 39.5 Å². The number of anilines is 9. The molecule has 12 rings (SSSR count). The van der Waals surface area contributed by atoms with Crippen molar-refractivity contribution in [2.45, 2.75) is 58.8 Å². The third-order valence-electron chi connectivity index (χ3n) is 19.7. The Morgan fingerprint density at radius 1 is 0.552 bits per heavy atom. The largest absolute Gasteiger partial charge is 0.497 e. The van der Waals surface area contributed by atoms with Gasteiger partial charge in [0.15, 0.2) is 11.5 Å². The average molecular weight is 1620 g/mol. The number of amides is 5. The Labute approximate surface area is 676 Å². The number of urea groups is 2. The molecular weight excluding hydrogens is 1520 g/mol. The minimum atomic E-state index is -3.73. The van der Waals surface area contributed by atoms with E-state index in [4.69, 9.17) is 48.1 Å². The second kappa shape index (κ2) is 36.3. The first-order chi connectivity index (χ1) is 55.3. The molecule has 2 fully saturated rings. The maximum absolute atomic E-state index is 16.0. The second-order valence-electron chi connectivity index (χ2n) is 30.5. The summed E-state index contributed by atoms with van der Waals surface area (Å²) < 4.78 is 97.1. The van der Waals surface area contributed by atoms with E-state index in [2.05, 4.69) is 68.1 Å². The third kappa shape index (κ3) is 21.8. The number of ether oxygens (including phenoxy) is 7. The molecule has 2 saturated heterocycles. The molecule has 0 bridgehead atoms. The number of nitrogens with one attached hydrogen (secondary N) is 8. The van der Waals surface area contributed by atoms with Gasteiger partial charge < -0.3 is 74.9 Å². The van der Waals surface area contributed by atoms with E-state index >= 15 is 4.79 Å². The minimum absolute atomic E-state index is 0.124. The number of carbonyl (C=O) groups is 3. The molecule has 0 spiro atoms. The van der Waals surface area contributed by atoms with Crippen molar-refractivity contribution in [3.63, 3.8) is 0 Å². The first kappa shape index (κ1) is 83.6. The highest BCUT2D eigenvalue weighted by Crippen LogP contribution is 2.44. The lowest BCUT2D eigenvalue weighted by Gasteiger charge is -2.35. The van der Waals surface area contributed by atoms with Gasteiger partial charge in [-0.15, -0.1) is 0 Å². The number of benzene rings is 7. The molecule has 2 aromatic heterocycles. The number of methoxy groups -OCH3 is 4. The van der Waals surface area contributed by atoms with Gasteiger partial charge in [0.1, 0.15) is 23.0 Å². The third-order valence-corrected chi connectivity index (χ3v) is 20.9. The number of morpholine rings is 1. The molecule has 9 aromatic rings. The molecule has 8 N–H and O–H groups in total. The van der Waals surface area contributed by atoms with Crippen LogP contribution >= 0.6 is 0 Å². The monoisotopic (exact) mass is 1620 g/mol. The number of piperazine rings is 1. The van der Waals surface area contributed by atoms with Gasteiger partial charge in [0.25, 0.3) is 0 Å². The molecule has 3 aliphatic rings. The molecule has 612 valence electrons. The highest BCUT2D eigenvalue weighted by Gasteiger charge is 2.34. The summed E-state index contributed by atoms with van der Waals surface area (Å²) >= 11 is 0. The van der Waals surface area contributed by atoms with Crippen molar-refractivity contribution in [2.75, 3.05) is 168 Å².